The summed E-state index contributed by atoms with van der Waals surface area (Å²) in [5.74, 6) is 0.440. The highest BCUT2D eigenvalue weighted by Crippen LogP contribution is 2.18. The summed E-state index contributed by atoms with van der Waals surface area (Å²) in [6.45, 7) is 0. The van der Waals surface area contributed by atoms with E-state index in [0.717, 1.165) is 5.65 Å². The minimum Gasteiger partial charge on any atom is -0.382 e. The van der Waals surface area contributed by atoms with Crippen LogP contribution in [0.4, 0.5) is 5.82 Å². The Bertz CT molecular complexity index is 449. The molecule has 0 aliphatic heterocycles. The van der Waals surface area contributed by atoms with Crippen molar-refractivity contribution in [2.45, 2.75) is 5.16 Å². The molecule has 0 bridgehead atoms. The Balaban J connectivity index is 2.80. The fraction of sp³-hybridized carbons (Fsp3) is 0.286. The maximum absolute atomic E-state index is 5.71. The van der Waals surface area contributed by atoms with E-state index in [4.69, 9.17) is 5.73 Å². The predicted molar refractivity (Wildman–Crippen MR) is 52.5 cm³/mol. The van der Waals surface area contributed by atoms with Gasteiger partial charge in [0.25, 0.3) is 0 Å². The molecule has 2 heterocycles. The van der Waals surface area contributed by atoms with Gasteiger partial charge in [0.15, 0.2) is 16.6 Å². The van der Waals surface area contributed by atoms with E-state index in [2.05, 4.69) is 15.0 Å². The van der Waals surface area contributed by atoms with Crippen molar-refractivity contribution < 1.29 is 0 Å². The third kappa shape index (κ3) is 1.23. The fourth-order valence-electron chi connectivity index (χ4n) is 1.10. The van der Waals surface area contributed by atoms with Crippen molar-refractivity contribution in [3.63, 3.8) is 0 Å². The van der Waals surface area contributed by atoms with Crippen LogP contribution in [0.1, 0.15) is 0 Å². The number of aryl methyl sites for hydroxylation is 1. The second-order valence-corrected chi connectivity index (χ2v) is 3.40. The van der Waals surface area contributed by atoms with E-state index in [9.17, 15) is 0 Å². The molecule has 0 atom stereocenters. The van der Waals surface area contributed by atoms with E-state index < -0.39 is 0 Å². The molecule has 0 fully saturated rings. The molecule has 68 valence electrons. The molecule has 0 saturated carbocycles. The third-order valence-corrected chi connectivity index (χ3v) is 2.30. The molecule has 2 rings (SSSR count). The van der Waals surface area contributed by atoms with E-state index in [1.807, 2.05) is 17.9 Å². The van der Waals surface area contributed by atoms with Gasteiger partial charge in [-0.25, -0.2) is 15.0 Å². The van der Waals surface area contributed by atoms with E-state index >= 15 is 0 Å². The number of fused-ring (bicyclic) bond motifs is 1. The number of thioether (sulfide) groups is 1. The quantitative estimate of drug-likeness (QED) is 0.535. The standard InChI is InChI=1S/C7H9N5S/c1-12-3-9-4-5(8)10-7(13-2)11-6(4)12/h3H,1-2H3,(H2,8,10,11). The Hall–Kier alpha value is -1.30. The second-order valence-electron chi connectivity index (χ2n) is 2.62. The summed E-state index contributed by atoms with van der Waals surface area (Å²) >= 11 is 1.47. The first-order chi connectivity index (χ1) is 6.22. The van der Waals surface area contributed by atoms with Crippen LogP contribution in [-0.2, 0) is 7.05 Å². The fourth-order valence-corrected chi connectivity index (χ4v) is 1.47. The van der Waals surface area contributed by atoms with Crippen LogP contribution in [0.2, 0.25) is 0 Å². The lowest BCUT2D eigenvalue weighted by atomic mass is 10.5. The predicted octanol–water partition coefficient (Wildman–Crippen LogP) is 0.667. The molecule has 0 saturated heterocycles. The number of imidazole rings is 1. The Kier molecular flexibility index (Phi) is 1.84. The Morgan fingerprint density at radius 3 is 2.92 bits per heavy atom. The summed E-state index contributed by atoms with van der Waals surface area (Å²) < 4.78 is 1.83. The monoisotopic (exact) mass is 195 g/mol. The van der Waals surface area contributed by atoms with Gasteiger partial charge in [0.1, 0.15) is 5.52 Å². The molecule has 0 spiro atoms. The van der Waals surface area contributed by atoms with Crippen LogP contribution < -0.4 is 5.73 Å². The highest BCUT2D eigenvalue weighted by Gasteiger charge is 2.08. The zero-order valence-electron chi connectivity index (χ0n) is 7.35. The van der Waals surface area contributed by atoms with Gasteiger partial charge in [-0.3, -0.25) is 0 Å². The first kappa shape index (κ1) is 8.31. The number of hydrogen-bond donors (Lipinski definition) is 1. The average Bonchev–Trinajstić information content (AvgIpc) is 2.48. The lowest BCUT2D eigenvalue weighted by Crippen LogP contribution is -1.97. The molecule has 13 heavy (non-hydrogen) atoms. The van der Waals surface area contributed by atoms with Crippen molar-refractivity contribution in [2.75, 3.05) is 12.0 Å². The molecule has 0 aliphatic carbocycles. The summed E-state index contributed by atoms with van der Waals surface area (Å²) in [6, 6.07) is 0. The normalized spacial score (nSPS) is 10.9. The van der Waals surface area contributed by atoms with E-state index in [-0.39, 0.29) is 0 Å². The molecule has 2 aromatic rings. The van der Waals surface area contributed by atoms with Gasteiger partial charge in [-0.05, 0) is 6.26 Å². The van der Waals surface area contributed by atoms with Crippen molar-refractivity contribution in [1.82, 2.24) is 19.5 Å². The lowest BCUT2D eigenvalue weighted by Gasteiger charge is -1.98. The summed E-state index contributed by atoms with van der Waals surface area (Å²) in [4.78, 5) is 12.5. The van der Waals surface area contributed by atoms with Gasteiger partial charge in [-0.2, -0.15) is 0 Å². The molecule has 2 aromatic heterocycles. The highest BCUT2D eigenvalue weighted by atomic mass is 32.2. The van der Waals surface area contributed by atoms with Crippen LogP contribution in [0.15, 0.2) is 11.5 Å². The topological polar surface area (TPSA) is 69.6 Å². The summed E-state index contributed by atoms with van der Waals surface area (Å²) in [6.07, 6.45) is 3.59. The minimum atomic E-state index is 0.440. The molecule has 0 aliphatic rings. The number of anilines is 1. The highest BCUT2D eigenvalue weighted by molar-refractivity contribution is 7.98. The van der Waals surface area contributed by atoms with E-state index in [0.29, 0.717) is 16.5 Å². The van der Waals surface area contributed by atoms with Crippen molar-refractivity contribution in [3.8, 4) is 0 Å². The lowest BCUT2D eigenvalue weighted by molar-refractivity contribution is 0.903. The van der Waals surface area contributed by atoms with Crippen molar-refractivity contribution >= 4 is 28.7 Å². The number of aromatic nitrogens is 4. The summed E-state index contributed by atoms with van der Waals surface area (Å²) in [5.41, 5.74) is 7.15. The molecular weight excluding hydrogens is 186 g/mol. The first-order valence-corrected chi connectivity index (χ1v) is 4.93. The van der Waals surface area contributed by atoms with Gasteiger partial charge in [-0.1, -0.05) is 11.8 Å². The zero-order chi connectivity index (χ0) is 9.42. The van der Waals surface area contributed by atoms with Gasteiger partial charge < -0.3 is 10.3 Å². The van der Waals surface area contributed by atoms with Crippen LogP contribution in [-0.4, -0.2) is 25.8 Å². The van der Waals surface area contributed by atoms with Gasteiger partial charge in [-0.15, -0.1) is 0 Å². The van der Waals surface area contributed by atoms with Gasteiger partial charge in [0, 0.05) is 7.05 Å². The van der Waals surface area contributed by atoms with Crippen molar-refractivity contribution in [1.29, 1.82) is 0 Å². The smallest absolute Gasteiger partial charge is 0.191 e. The zero-order valence-corrected chi connectivity index (χ0v) is 8.17. The van der Waals surface area contributed by atoms with Crippen LogP contribution in [0.5, 0.6) is 0 Å². The molecule has 0 unspecified atom stereocenters. The van der Waals surface area contributed by atoms with Crippen molar-refractivity contribution in [3.05, 3.63) is 6.33 Å². The Morgan fingerprint density at radius 2 is 2.23 bits per heavy atom. The average molecular weight is 195 g/mol. The largest absolute Gasteiger partial charge is 0.382 e. The Morgan fingerprint density at radius 1 is 1.46 bits per heavy atom. The molecule has 5 nitrogen and oxygen atoms in total. The number of nitrogen functional groups attached to an aromatic ring is 1. The van der Waals surface area contributed by atoms with E-state index in [1.54, 1.807) is 6.33 Å². The summed E-state index contributed by atoms with van der Waals surface area (Å²) in [5, 5.41) is 0.675. The second kappa shape index (κ2) is 2.88. The maximum atomic E-state index is 5.71. The summed E-state index contributed by atoms with van der Waals surface area (Å²) in [7, 11) is 1.88. The molecule has 0 aromatic carbocycles. The first-order valence-electron chi connectivity index (χ1n) is 3.71. The molecule has 2 N–H and O–H groups in total. The minimum absolute atomic E-state index is 0.440. The van der Waals surface area contributed by atoms with Crippen LogP contribution >= 0.6 is 11.8 Å². The van der Waals surface area contributed by atoms with Crippen LogP contribution in [0.25, 0.3) is 11.2 Å². The van der Waals surface area contributed by atoms with Gasteiger partial charge >= 0.3 is 0 Å². The number of rotatable bonds is 1. The third-order valence-electron chi connectivity index (χ3n) is 1.75. The van der Waals surface area contributed by atoms with Gasteiger partial charge in [0.05, 0.1) is 6.33 Å². The molecule has 0 amide bonds. The molecular formula is C7H9N5S. The Labute approximate surface area is 79.4 Å². The number of nitrogens with two attached hydrogens (primary N) is 1. The molecule has 6 heteroatoms. The van der Waals surface area contributed by atoms with Gasteiger partial charge in [0.2, 0.25) is 0 Å². The number of nitrogens with zero attached hydrogens (tertiary/aromatic N) is 4. The maximum Gasteiger partial charge on any atom is 0.191 e. The van der Waals surface area contributed by atoms with E-state index in [1.165, 1.54) is 11.8 Å². The van der Waals surface area contributed by atoms with Crippen LogP contribution in [0.3, 0.4) is 0 Å². The van der Waals surface area contributed by atoms with Crippen LogP contribution in [0, 0.1) is 0 Å². The SMILES string of the molecule is CSc1nc(N)c2ncn(C)c2n1. The number of hydrogen-bond acceptors (Lipinski definition) is 5. The van der Waals surface area contributed by atoms with Crippen molar-refractivity contribution in [2.24, 2.45) is 7.05 Å². The molecule has 0 radical (unpaired) electrons.